The van der Waals surface area contributed by atoms with E-state index in [1.54, 1.807) is 7.11 Å². The van der Waals surface area contributed by atoms with Crippen LogP contribution in [-0.4, -0.2) is 19.8 Å². The zero-order chi connectivity index (χ0) is 10.4. The van der Waals surface area contributed by atoms with Gasteiger partial charge in [0.25, 0.3) is 0 Å². The third-order valence-electron chi connectivity index (χ3n) is 5.18. The Morgan fingerprint density at radius 1 is 1.27 bits per heavy atom. The molecule has 0 aromatic carbocycles. The Balaban J connectivity index is 1.49. The van der Waals surface area contributed by atoms with Crippen molar-refractivity contribution in [3.63, 3.8) is 0 Å². The van der Waals surface area contributed by atoms with Crippen molar-refractivity contribution in [1.29, 1.82) is 0 Å². The second-order valence-corrected chi connectivity index (χ2v) is 5.86. The van der Waals surface area contributed by atoms with E-state index in [9.17, 15) is 0 Å². The molecule has 2 bridgehead atoms. The fraction of sp³-hybridized carbons (Fsp3) is 1.00. The molecule has 2 nitrogen and oxygen atoms in total. The number of hydrogen-bond donors (Lipinski definition) is 1. The Morgan fingerprint density at radius 3 is 2.53 bits per heavy atom. The first-order valence-electron chi connectivity index (χ1n) is 6.57. The number of rotatable bonds is 5. The summed E-state index contributed by atoms with van der Waals surface area (Å²) in [7, 11) is 1.78. The van der Waals surface area contributed by atoms with Crippen molar-refractivity contribution < 1.29 is 4.74 Å². The van der Waals surface area contributed by atoms with Gasteiger partial charge in [0.1, 0.15) is 0 Å². The Labute approximate surface area is 92.6 Å². The first-order chi connectivity index (χ1) is 7.33. The molecule has 3 rings (SSSR count). The highest BCUT2D eigenvalue weighted by Gasteiger charge is 2.65. The van der Waals surface area contributed by atoms with Crippen molar-refractivity contribution in [2.24, 2.45) is 35.3 Å². The molecular weight excluding hydrogens is 186 g/mol. The predicted octanol–water partition coefficient (Wildman–Crippen LogP) is 2.03. The van der Waals surface area contributed by atoms with E-state index in [1.165, 1.54) is 25.7 Å². The van der Waals surface area contributed by atoms with Gasteiger partial charge in [-0.25, -0.2) is 0 Å². The van der Waals surface area contributed by atoms with Gasteiger partial charge in [-0.15, -0.1) is 0 Å². The summed E-state index contributed by atoms with van der Waals surface area (Å²) in [5, 5.41) is 0. The van der Waals surface area contributed by atoms with Crippen LogP contribution in [0.5, 0.6) is 0 Å². The number of methoxy groups -OCH3 is 1. The first-order valence-corrected chi connectivity index (χ1v) is 6.57. The molecule has 3 fully saturated rings. The maximum Gasteiger partial charge on any atom is 0.0462 e. The standard InChI is InChI=1S/C13H23NO/c1-15-6-2-3-10(14)13-11-8-4-5-9(7-8)12(11)13/h8-13H,2-7,14H2,1H3. The van der Waals surface area contributed by atoms with Gasteiger partial charge in [-0.05, 0) is 61.7 Å². The molecule has 0 aliphatic heterocycles. The summed E-state index contributed by atoms with van der Waals surface area (Å²) < 4.78 is 5.09. The van der Waals surface area contributed by atoms with E-state index in [4.69, 9.17) is 10.5 Å². The van der Waals surface area contributed by atoms with Crippen LogP contribution in [0.25, 0.3) is 0 Å². The topological polar surface area (TPSA) is 35.2 Å². The molecule has 0 spiro atoms. The summed E-state index contributed by atoms with van der Waals surface area (Å²) in [6.45, 7) is 0.878. The van der Waals surface area contributed by atoms with Crippen LogP contribution in [0.1, 0.15) is 32.1 Å². The molecule has 5 unspecified atom stereocenters. The maximum absolute atomic E-state index is 6.31. The van der Waals surface area contributed by atoms with Gasteiger partial charge < -0.3 is 10.5 Å². The van der Waals surface area contributed by atoms with E-state index in [-0.39, 0.29) is 0 Å². The highest BCUT2D eigenvalue weighted by atomic mass is 16.5. The summed E-state index contributed by atoms with van der Waals surface area (Å²) in [5.41, 5.74) is 6.31. The molecule has 3 aliphatic rings. The summed E-state index contributed by atoms with van der Waals surface area (Å²) in [4.78, 5) is 0. The van der Waals surface area contributed by atoms with Gasteiger partial charge in [-0.1, -0.05) is 0 Å². The SMILES string of the molecule is COCCCC(N)C1C2C3CCC(C3)C12. The molecule has 5 atom stereocenters. The molecule has 3 saturated carbocycles. The molecular formula is C13H23NO. The number of hydrogen-bond acceptors (Lipinski definition) is 2. The van der Waals surface area contributed by atoms with Crippen LogP contribution >= 0.6 is 0 Å². The monoisotopic (exact) mass is 209 g/mol. The summed E-state index contributed by atoms with van der Waals surface area (Å²) in [6.07, 6.45) is 6.87. The third-order valence-corrected chi connectivity index (χ3v) is 5.18. The molecule has 2 N–H and O–H groups in total. The fourth-order valence-electron chi connectivity index (χ4n) is 4.62. The van der Waals surface area contributed by atoms with Crippen molar-refractivity contribution in [1.82, 2.24) is 0 Å². The average Bonchev–Trinajstić information content (AvgIpc) is 2.68. The summed E-state index contributed by atoms with van der Waals surface area (Å²) in [6, 6.07) is 0.471. The Morgan fingerprint density at radius 2 is 1.93 bits per heavy atom. The highest BCUT2D eigenvalue weighted by molar-refractivity contribution is 5.15. The lowest BCUT2D eigenvalue weighted by Gasteiger charge is -2.15. The number of nitrogens with two attached hydrogens (primary N) is 1. The van der Waals surface area contributed by atoms with Crippen molar-refractivity contribution in [3.05, 3.63) is 0 Å². The Hall–Kier alpha value is -0.0800. The van der Waals surface area contributed by atoms with Crippen LogP contribution in [0.4, 0.5) is 0 Å². The zero-order valence-corrected chi connectivity index (χ0v) is 9.69. The van der Waals surface area contributed by atoms with E-state index < -0.39 is 0 Å². The first kappa shape index (κ1) is 10.1. The lowest BCUT2D eigenvalue weighted by molar-refractivity contribution is 0.188. The third kappa shape index (κ3) is 1.53. The lowest BCUT2D eigenvalue weighted by Crippen LogP contribution is -2.26. The zero-order valence-electron chi connectivity index (χ0n) is 9.69. The molecule has 86 valence electrons. The van der Waals surface area contributed by atoms with Crippen molar-refractivity contribution in [2.45, 2.75) is 38.1 Å². The van der Waals surface area contributed by atoms with E-state index in [1.807, 2.05) is 0 Å². The Kier molecular flexibility index (Phi) is 2.52. The van der Waals surface area contributed by atoms with Gasteiger partial charge in [0.2, 0.25) is 0 Å². The van der Waals surface area contributed by atoms with E-state index >= 15 is 0 Å². The normalized spacial score (nSPS) is 48.0. The van der Waals surface area contributed by atoms with E-state index in [2.05, 4.69) is 0 Å². The largest absolute Gasteiger partial charge is 0.385 e. The average molecular weight is 209 g/mol. The molecule has 0 aromatic rings. The Bertz CT molecular complexity index is 227. The van der Waals surface area contributed by atoms with Gasteiger partial charge >= 0.3 is 0 Å². The van der Waals surface area contributed by atoms with Crippen LogP contribution in [0.15, 0.2) is 0 Å². The molecule has 15 heavy (non-hydrogen) atoms. The fourth-order valence-corrected chi connectivity index (χ4v) is 4.62. The number of ether oxygens (including phenoxy) is 1. The second kappa shape index (κ2) is 3.74. The molecule has 0 heterocycles. The van der Waals surface area contributed by atoms with E-state index in [0.29, 0.717) is 6.04 Å². The lowest BCUT2D eigenvalue weighted by atomic mass is 9.95. The molecule has 2 heteroatoms. The van der Waals surface area contributed by atoms with Crippen LogP contribution in [0.2, 0.25) is 0 Å². The van der Waals surface area contributed by atoms with Gasteiger partial charge in [-0.2, -0.15) is 0 Å². The van der Waals surface area contributed by atoms with E-state index in [0.717, 1.165) is 42.6 Å². The van der Waals surface area contributed by atoms with Gasteiger partial charge in [0.05, 0.1) is 0 Å². The van der Waals surface area contributed by atoms with Crippen LogP contribution in [0, 0.1) is 29.6 Å². The summed E-state index contributed by atoms with van der Waals surface area (Å²) in [5.74, 6) is 5.12. The minimum Gasteiger partial charge on any atom is -0.385 e. The number of fused-ring (bicyclic) bond motifs is 5. The predicted molar refractivity (Wildman–Crippen MR) is 60.4 cm³/mol. The minimum atomic E-state index is 0.471. The van der Waals surface area contributed by atoms with Crippen LogP contribution < -0.4 is 5.73 Å². The van der Waals surface area contributed by atoms with Gasteiger partial charge in [0.15, 0.2) is 0 Å². The minimum absolute atomic E-state index is 0.471. The van der Waals surface area contributed by atoms with Crippen molar-refractivity contribution >= 4 is 0 Å². The molecule has 3 aliphatic carbocycles. The molecule has 0 radical (unpaired) electrons. The second-order valence-electron chi connectivity index (χ2n) is 5.86. The highest BCUT2D eigenvalue weighted by Crippen LogP contribution is 2.70. The summed E-state index contributed by atoms with van der Waals surface area (Å²) >= 11 is 0. The van der Waals surface area contributed by atoms with Crippen molar-refractivity contribution in [3.8, 4) is 0 Å². The van der Waals surface area contributed by atoms with Gasteiger partial charge in [0, 0.05) is 19.8 Å². The van der Waals surface area contributed by atoms with Crippen molar-refractivity contribution in [2.75, 3.05) is 13.7 Å². The van der Waals surface area contributed by atoms with Crippen LogP contribution in [-0.2, 0) is 4.74 Å². The molecule has 0 amide bonds. The molecule has 0 saturated heterocycles. The van der Waals surface area contributed by atoms with Crippen LogP contribution in [0.3, 0.4) is 0 Å². The quantitative estimate of drug-likeness (QED) is 0.703. The maximum atomic E-state index is 6.31. The smallest absolute Gasteiger partial charge is 0.0462 e. The van der Waals surface area contributed by atoms with Gasteiger partial charge in [-0.3, -0.25) is 0 Å². The molecule has 0 aromatic heterocycles.